The molecule has 1 atom stereocenters. The van der Waals surface area contributed by atoms with E-state index in [1.54, 1.807) is 24.2 Å². The Kier molecular flexibility index (Phi) is 5.15. The lowest BCUT2D eigenvalue weighted by Crippen LogP contribution is -2.55. The van der Waals surface area contributed by atoms with E-state index in [0.717, 1.165) is 25.0 Å². The number of amides is 2. The highest BCUT2D eigenvalue weighted by Gasteiger charge is 2.34. The standard InChI is InChI=1S/C24H28N8O2/c1-13(23(34)32-11-14(8-25)12-32)28-22(33)16-9-26-21-20(16)29-17(10-27-21)19-15-7-24(2,3)6-5-18(15)31(4)30-19/h9-10,13-14H,5-7,11-12H2,1-4H3,(H,26,27)(H,28,33)/t13-/m1/s1. The molecule has 0 spiro atoms. The molecule has 3 aromatic rings. The number of aromatic nitrogens is 5. The Morgan fingerprint density at radius 1 is 1.35 bits per heavy atom. The third kappa shape index (κ3) is 3.71. The number of H-pyrrole nitrogens is 1. The van der Waals surface area contributed by atoms with Gasteiger partial charge in [0.15, 0.2) is 5.65 Å². The first kappa shape index (κ1) is 22.1. The highest BCUT2D eigenvalue weighted by atomic mass is 16.2. The summed E-state index contributed by atoms with van der Waals surface area (Å²) in [6.45, 7) is 6.98. The van der Waals surface area contributed by atoms with Crippen molar-refractivity contribution >= 4 is 23.0 Å². The Morgan fingerprint density at radius 3 is 2.85 bits per heavy atom. The van der Waals surface area contributed by atoms with Crippen molar-refractivity contribution < 1.29 is 9.59 Å². The molecule has 34 heavy (non-hydrogen) atoms. The van der Waals surface area contributed by atoms with Crippen LogP contribution in [-0.2, 0) is 24.7 Å². The fraction of sp³-hybridized carbons (Fsp3) is 0.500. The number of aryl methyl sites for hydroxylation is 1. The second-order valence-electron chi connectivity index (χ2n) is 10.2. The number of likely N-dealkylation sites (tertiary alicyclic amines) is 1. The number of carbonyl (C=O) groups excluding carboxylic acids is 2. The summed E-state index contributed by atoms with van der Waals surface area (Å²) in [6, 6.07) is 1.43. The number of hydrogen-bond donors (Lipinski definition) is 2. The second kappa shape index (κ2) is 7.94. The molecular weight excluding hydrogens is 432 g/mol. The minimum atomic E-state index is -0.710. The predicted molar refractivity (Wildman–Crippen MR) is 125 cm³/mol. The van der Waals surface area contributed by atoms with Gasteiger partial charge in [0.2, 0.25) is 5.91 Å². The molecule has 10 heteroatoms. The molecule has 1 aliphatic carbocycles. The highest BCUT2D eigenvalue weighted by Crippen LogP contribution is 2.38. The highest BCUT2D eigenvalue weighted by molar-refractivity contribution is 6.06. The number of nitrogens with zero attached hydrogens (tertiary/aromatic N) is 6. The minimum Gasteiger partial charge on any atom is -0.344 e. The van der Waals surface area contributed by atoms with Gasteiger partial charge in [0.05, 0.1) is 23.7 Å². The first-order chi connectivity index (χ1) is 16.2. The van der Waals surface area contributed by atoms with Gasteiger partial charge in [0, 0.05) is 37.6 Å². The molecule has 0 bridgehead atoms. The fourth-order valence-corrected chi connectivity index (χ4v) is 4.86. The molecule has 5 rings (SSSR count). The summed E-state index contributed by atoms with van der Waals surface area (Å²) >= 11 is 0. The van der Waals surface area contributed by atoms with Gasteiger partial charge < -0.3 is 15.2 Å². The molecule has 1 aliphatic heterocycles. The van der Waals surface area contributed by atoms with Crippen LogP contribution in [0.4, 0.5) is 0 Å². The quantitative estimate of drug-likeness (QED) is 0.612. The molecule has 0 aromatic carbocycles. The van der Waals surface area contributed by atoms with Crippen LogP contribution in [0.3, 0.4) is 0 Å². The summed E-state index contributed by atoms with van der Waals surface area (Å²) in [7, 11) is 1.96. The van der Waals surface area contributed by atoms with Crippen LogP contribution in [0, 0.1) is 22.7 Å². The maximum absolute atomic E-state index is 13.0. The normalized spacial score (nSPS) is 18.1. The molecule has 10 nitrogen and oxygen atoms in total. The first-order valence-electron chi connectivity index (χ1n) is 11.6. The van der Waals surface area contributed by atoms with Crippen molar-refractivity contribution in [2.24, 2.45) is 18.4 Å². The van der Waals surface area contributed by atoms with Gasteiger partial charge in [-0.2, -0.15) is 10.4 Å². The van der Waals surface area contributed by atoms with Crippen LogP contribution < -0.4 is 5.32 Å². The van der Waals surface area contributed by atoms with E-state index in [9.17, 15) is 9.59 Å². The van der Waals surface area contributed by atoms with Crippen molar-refractivity contribution in [2.75, 3.05) is 13.1 Å². The summed E-state index contributed by atoms with van der Waals surface area (Å²) in [4.78, 5) is 39.4. The Labute approximate surface area is 197 Å². The number of nitriles is 1. The maximum atomic E-state index is 13.0. The van der Waals surface area contributed by atoms with Crippen molar-refractivity contribution in [1.29, 1.82) is 5.26 Å². The van der Waals surface area contributed by atoms with Crippen LogP contribution >= 0.6 is 0 Å². The predicted octanol–water partition coefficient (Wildman–Crippen LogP) is 1.97. The zero-order chi connectivity index (χ0) is 24.2. The zero-order valence-electron chi connectivity index (χ0n) is 19.8. The first-order valence-corrected chi connectivity index (χ1v) is 11.6. The third-order valence-electron chi connectivity index (χ3n) is 6.93. The largest absolute Gasteiger partial charge is 0.344 e. The summed E-state index contributed by atoms with van der Waals surface area (Å²) in [5, 5.41) is 16.4. The Bertz CT molecular complexity index is 1340. The smallest absolute Gasteiger partial charge is 0.255 e. The van der Waals surface area contributed by atoms with Crippen molar-refractivity contribution in [3.05, 3.63) is 29.2 Å². The SMILES string of the molecule is C[C@@H](NC(=O)c1c[nH]c2ncc(-c3nn(C)c4c3CC(C)(C)CC4)nc12)C(=O)N1CC(C#N)C1. The summed E-state index contributed by atoms with van der Waals surface area (Å²) < 4.78 is 1.93. The molecule has 1 fully saturated rings. The summed E-state index contributed by atoms with van der Waals surface area (Å²) in [6.07, 6.45) is 6.24. The molecule has 4 heterocycles. The molecular formula is C24H28N8O2. The molecule has 1 saturated heterocycles. The van der Waals surface area contributed by atoms with E-state index < -0.39 is 11.9 Å². The molecule has 2 amide bonds. The fourth-order valence-electron chi connectivity index (χ4n) is 4.86. The molecule has 0 saturated carbocycles. The van der Waals surface area contributed by atoms with Gasteiger partial charge >= 0.3 is 0 Å². The van der Waals surface area contributed by atoms with Crippen LogP contribution in [0.2, 0.25) is 0 Å². The van der Waals surface area contributed by atoms with Gasteiger partial charge in [-0.05, 0) is 31.6 Å². The Morgan fingerprint density at radius 2 is 2.12 bits per heavy atom. The lowest BCUT2D eigenvalue weighted by atomic mass is 9.75. The van der Waals surface area contributed by atoms with Gasteiger partial charge in [0.1, 0.15) is 22.9 Å². The van der Waals surface area contributed by atoms with E-state index in [1.807, 2.05) is 11.7 Å². The lowest BCUT2D eigenvalue weighted by Gasteiger charge is -2.37. The van der Waals surface area contributed by atoms with Crippen LogP contribution in [0.15, 0.2) is 12.4 Å². The Balaban J connectivity index is 1.41. The van der Waals surface area contributed by atoms with E-state index in [2.05, 4.69) is 35.2 Å². The van der Waals surface area contributed by atoms with Crippen LogP contribution in [0.5, 0.6) is 0 Å². The van der Waals surface area contributed by atoms with E-state index in [-0.39, 0.29) is 17.2 Å². The van der Waals surface area contributed by atoms with Gasteiger partial charge in [-0.25, -0.2) is 9.97 Å². The van der Waals surface area contributed by atoms with Crippen molar-refractivity contribution in [2.45, 2.75) is 46.1 Å². The van der Waals surface area contributed by atoms with E-state index >= 15 is 0 Å². The number of rotatable bonds is 4. The molecule has 0 unspecified atom stereocenters. The van der Waals surface area contributed by atoms with Gasteiger partial charge in [-0.3, -0.25) is 14.3 Å². The van der Waals surface area contributed by atoms with Crippen LogP contribution in [-0.4, -0.2) is 60.6 Å². The average Bonchev–Trinajstić information content (AvgIpc) is 3.32. The molecule has 2 aliphatic rings. The second-order valence-corrected chi connectivity index (χ2v) is 10.2. The monoisotopic (exact) mass is 460 g/mol. The number of hydrogen-bond acceptors (Lipinski definition) is 6. The van der Waals surface area contributed by atoms with E-state index in [4.69, 9.17) is 15.3 Å². The lowest BCUT2D eigenvalue weighted by molar-refractivity contribution is -0.137. The number of nitrogens with one attached hydrogen (secondary N) is 2. The third-order valence-corrected chi connectivity index (χ3v) is 6.93. The Hall–Kier alpha value is -3.74. The average molecular weight is 461 g/mol. The van der Waals surface area contributed by atoms with Crippen molar-refractivity contribution in [3.8, 4) is 17.5 Å². The van der Waals surface area contributed by atoms with Crippen molar-refractivity contribution in [3.63, 3.8) is 0 Å². The summed E-state index contributed by atoms with van der Waals surface area (Å²) in [5.74, 6) is -0.730. The maximum Gasteiger partial charge on any atom is 0.255 e. The van der Waals surface area contributed by atoms with Gasteiger partial charge in [0.25, 0.3) is 5.91 Å². The number of fused-ring (bicyclic) bond motifs is 2. The molecule has 3 aromatic heterocycles. The molecule has 2 N–H and O–H groups in total. The summed E-state index contributed by atoms with van der Waals surface area (Å²) in [5.41, 5.74) is 5.30. The van der Waals surface area contributed by atoms with Crippen LogP contribution in [0.25, 0.3) is 22.6 Å². The topological polar surface area (TPSA) is 133 Å². The molecule has 0 radical (unpaired) electrons. The number of carbonyl (C=O) groups is 2. The van der Waals surface area contributed by atoms with E-state index in [0.29, 0.717) is 35.5 Å². The minimum absolute atomic E-state index is 0.128. The van der Waals surface area contributed by atoms with Crippen molar-refractivity contribution in [1.82, 2.24) is 34.9 Å². The zero-order valence-corrected chi connectivity index (χ0v) is 19.8. The molecule has 176 valence electrons. The van der Waals surface area contributed by atoms with E-state index in [1.165, 1.54) is 11.3 Å². The number of aromatic amines is 1. The van der Waals surface area contributed by atoms with Crippen LogP contribution in [0.1, 0.15) is 48.8 Å². The van der Waals surface area contributed by atoms with Gasteiger partial charge in [-0.15, -0.1) is 0 Å². The van der Waals surface area contributed by atoms with Gasteiger partial charge in [-0.1, -0.05) is 13.8 Å².